The molecule has 1 saturated heterocycles. The third-order valence-electron chi connectivity index (χ3n) is 9.00. The van der Waals surface area contributed by atoms with Gasteiger partial charge in [-0.25, -0.2) is 9.50 Å². The molecule has 7 rings (SSSR count). The number of benzene rings is 4. The van der Waals surface area contributed by atoms with Crippen LogP contribution in [0.15, 0.2) is 126 Å². The first-order valence-electron chi connectivity index (χ1n) is 16.7. The summed E-state index contributed by atoms with van der Waals surface area (Å²) >= 11 is 0. The van der Waals surface area contributed by atoms with Crippen LogP contribution in [0.25, 0.3) is 28.0 Å². The van der Waals surface area contributed by atoms with Crippen LogP contribution in [-0.4, -0.2) is 76.4 Å². The number of fused-ring (bicyclic) bond motifs is 1. The van der Waals surface area contributed by atoms with Crippen LogP contribution in [0.5, 0.6) is 0 Å². The molecule has 0 radical (unpaired) electrons. The lowest BCUT2D eigenvalue weighted by molar-refractivity contribution is -0.137. The van der Waals surface area contributed by atoms with Crippen molar-refractivity contribution in [2.75, 3.05) is 45.2 Å². The van der Waals surface area contributed by atoms with Gasteiger partial charge in [0.1, 0.15) is 11.4 Å². The molecule has 0 aliphatic carbocycles. The fraction of sp³-hybridized carbons (Fsp3) is 0.200. The fourth-order valence-corrected chi connectivity index (χ4v) is 6.51. The summed E-state index contributed by atoms with van der Waals surface area (Å²) in [6, 6.07) is 34.0. The van der Waals surface area contributed by atoms with Crippen LogP contribution >= 0.6 is 0 Å². The maximum absolute atomic E-state index is 14.3. The van der Waals surface area contributed by atoms with Gasteiger partial charge in [-0.1, -0.05) is 97.1 Å². The molecule has 6 aromatic rings. The molecule has 0 unspecified atom stereocenters. The maximum atomic E-state index is 14.3. The van der Waals surface area contributed by atoms with Crippen LogP contribution in [0.4, 0.5) is 19.0 Å². The number of nitrogens with zero attached hydrogens (tertiary/aromatic N) is 7. The summed E-state index contributed by atoms with van der Waals surface area (Å²) in [4.78, 5) is 29.9. The van der Waals surface area contributed by atoms with Gasteiger partial charge in [0.05, 0.1) is 11.3 Å². The summed E-state index contributed by atoms with van der Waals surface area (Å²) in [6.45, 7) is 3.58. The number of amides is 1. The maximum Gasteiger partial charge on any atom is 0.417 e. The monoisotopic (exact) mass is 687 g/mol. The normalized spacial score (nSPS) is 14.2. The Bertz CT molecular complexity index is 2190. The van der Waals surface area contributed by atoms with Crippen LogP contribution in [-0.2, 0) is 12.7 Å². The van der Waals surface area contributed by atoms with E-state index in [0.29, 0.717) is 47.2 Å². The second-order valence-electron chi connectivity index (χ2n) is 12.6. The van der Waals surface area contributed by atoms with Crippen LogP contribution < -0.4 is 4.90 Å². The number of aromatic nitrogens is 3. The average Bonchev–Trinajstić information content (AvgIpc) is 3.54. The lowest BCUT2D eigenvalue weighted by Gasteiger charge is -2.35. The van der Waals surface area contributed by atoms with E-state index >= 15 is 0 Å². The Morgan fingerprint density at radius 3 is 2.18 bits per heavy atom. The van der Waals surface area contributed by atoms with Gasteiger partial charge in [0, 0.05) is 64.1 Å². The highest BCUT2D eigenvalue weighted by atomic mass is 19.4. The van der Waals surface area contributed by atoms with E-state index in [1.807, 2.05) is 68.7 Å². The number of halogens is 3. The van der Waals surface area contributed by atoms with E-state index in [2.05, 4.69) is 31.9 Å². The predicted octanol–water partition coefficient (Wildman–Crippen LogP) is 7.55. The van der Waals surface area contributed by atoms with Gasteiger partial charge in [-0.3, -0.25) is 9.69 Å². The molecule has 11 heteroatoms. The van der Waals surface area contributed by atoms with Crippen molar-refractivity contribution in [2.24, 2.45) is 4.99 Å². The van der Waals surface area contributed by atoms with E-state index in [1.54, 1.807) is 45.9 Å². The summed E-state index contributed by atoms with van der Waals surface area (Å²) in [5.74, 6) is 0.468. The van der Waals surface area contributed by atoms with Gasteiger partial charge in [0.2, 0.25) is 0 Å². The third kappa shape index (κ3) is 7.11. The highest BCUT2D eigenvalue weighted by Gasteiger charge is 2.34. The third-order valence-corrected chi connectivity index (χ3v) is 9.00. The molecule has 51 heavy (non-hydrogen) atoms. The Labute approximate surface area is 294 Å². The Balaban J connectivity index is 1.32. The van der Waals surface area contributed by atoms with Gasteiger partial charge in [-0.05, 0) is 34.9 Å². The molecule has 0 saturated carbocycles. The summed E-state index contributed by atoms with van der Waals surface area (Å²) in [6.07, 6.45) is -2.92. The largest absolute Gasteiger partial charge is 0.417 e. The molecule has 1 fully saturated rings. The van der Waals surface area contributed by atoms with Crippen molar-refractivity contribution in [3.05, 3.63) is 144 Å². The molecule has 3 heterocycles. The molecular formula is C40H36F3N7O. The summed E-state index contributed by atoms with van der Waals surface area (Å²) in [5.41, 5.74) is 3.57. The second kappa shape index (κ2) is 14.2. The standard InChI is InChI=1S/C40H36F3N7O/c1-47(2)36(29-14-7-4-8-15-29)45-39(51)35-37-44-21-20-34(31-17-11-16-30(26-31)32-18-9-10-19-33(32)40(41,42)43)50(37)46-38(35)49-24-22-48(23-25-49)27-28-12-5-3-6-13-28/h3-21,26H,22-25,27H2,1-2H3/b45-36-. The first kappa shape index (κ1) is 33.7. The average molecular weight is 688 g/mol. The van der Waals surface area contributed by atoms with Gasteiger partial charge in [0.15, 0.2) is 11.5 Å². The first-order valence-corrected chi connectivity index (χ1v) is 16.7. The minimum Gasteiger partial charge on any atom is -0.362 e. The van der Waals surface area contributed by atoms with Crippen molar-refractivity contribution in [1.29, 1.82) is 0 Å². The minimum absolute atomic E-state index is 0.0778. The number of piperazine rings is 1. The Hall–Kier alpha value is -5.81. The summed E-state index contributed by atoms with van der Waals surface area (Å²) in [5, 5.41) is 5.00. The Kier molecular flexibility index (Phi) is 9.38. The lowest BCUT2D eigenvalue weighted by Crippen LogP contribution is -2.46. The van der Waals surface area contributed by atoms with E-state index < -0.39 is 17.6 Å². The molecule has 258 valence electrons. The smallest absolute Gasteiger partial charge is 0.362 e. The molecule has 1 aliphatic rings. The zero-order valence-electron chi connectivity index (χ0n) is 28.3. The van der Waals surface area contributed by atoms with Crippen molar-refractivity contribution in [3.63, 3.8) is 0 Å². The molecule has 4 aromatic carbocycles. The summed E-state index contributed by atoms with van der Waals surface area (Å²) in [7, 11) is 3.67. The van der Waals surface area contributed by atoms with Gasteiger partial charge >= 0.3 is 6.18 Å². The van der Waals surface area contributed by atoms with Crippen molar-refractivity contribution in [2.45, 2.75) is 12.7 Å². The first-order chi connectivity index (χ1) is 24.7. The predicted molar refractivity (Wildman–Crippen MR) is 194 cm³/mol. The Morgan fingerprint density at radius 2 is 1.47 bits per heavy atom. The molecule has 8 nitrogen and oxygen atoms in total. The number of carbonyl (C=O) groups excluding carboxylic acids is 1. The van der Waals surface area contributed by atoms with Gasteiger partial charge in [-0.15, -0.1) is 5.10 Å². The number of rotatable bonds is 7. The van der Waals surface area contributed by atoms with Gasteiger partial charge in [-0.2, -0.15) is 18.2 Å². The summed E-state index contributed by atoms with van der Waals surface area (Å²) < 4.78 is 43.5. The highest BCUT2D eigenvalue weighted by molar-refractivity contribution is 6.13. The van der Waals surface area contributed by atoms with E-state index in [-0.39, 0.29) is 11.1 Å². The van der Waals surface area contributed by atoms with Crippen LogP contribution in [0, 0.1) is 0 Å². The number of carbonyl (C=O) groups is 1. The molecule has 1 aliphatic heterocycles. The SMILES string of the molecule is CN(C)/C(=N\C(=O)c1c(N2CCN(Cc3ccccc3)CC2)nn2c(-c3cccc(-c4ccccc4C(F)(F)F)c3)ccnc12)c1ccccc1. The van der Waals surface area contributed by atoms with Gasteiger partial charge < -0.3 is 9.80 Å². The van der Waals surface area contributed by atoms with Crippen LogP contribution in [0.1, 0.15) is 27.0 Å². The second-order valence-corrected chi connectivity index (χ2v) is 12.6. The quantitative estimate of drug-likeness (QED) is 0.128. The number of alkyl halides is 3. The van der Waals surface area contributed by atoms with Crippen LogP contribution in [0.2, 0.25) is 0 Å². The van der Waals surface area contributed by atoms with Crippen molar-refractivity contribution in [1.82, 2.24) is 24.4 Å². The molecule has 0 bridgehead atoms. The van der Waals surface area contributed by atoms with E-state index in [0.717, 1.165) is 31.3 Å². The molecule has 0 spiro atoms. The highest BCUT2D eigenvalue weighted by Crippen LogP contribution is 2.38. The van der Waals surface area contributed by atoms with Crippen molar-refractivity contribution < 1.29 is 18.0 Å². The number of hydrogen-bond acceptors (Lipinski definition) is 5. The lowest BCUT2D eigenvalue weighted by atomic mass is 9.97. The van der Waals surface area contributed by atoms with E-state index in [9.17, 15) is 18.0 Å². The fourth-order valence-electron chi connectivity index (χ4n) is 6.51. The van der Waals surface area contributed by atoms with Crippen molar-refractivity contribution in [3.8, 4) is 22.4 Å². The zero-order chi connectivity index (χ0) is 35.5. The zero-order valence-corrected chi connectivity index (χ0v) is 28.3. The van der Waals surface area contributed by atoms with E-state index in [1.165, 1.54) is 17.7 Å². The molecule has 0 N–H and O–H groups in total. The van der Waals surface area contributed by atoms with Crippen LogP contribution in [0.3, 0.4) is 0 Å². The van der Waals surface area contributed by atoms with Gasteiger partial charge in [0.25, 0.3) is 5.91 Å². The Morgan fingerprint density at radius 1 is 0.804 bits per heavy atom. The minimum atomic E-state index is -4.51. The molecule has 2 aromatic heterocycles. The van der Waals surface area contributed by atoms with E-state index in [4.69, 9.17) is 5.10 Å². The molecule has 1 amide bonds. The number of anilines is 1. The molecular weight excluding hydrogens is 651 g/mol. The molecule has 0 atom stereocenters. The van der Waals surface area contributed by atoms with Crippen molar-refractivity contribution >= 4 is 23.2 Å². The topological polar surface area (TPSA) is 69.3 Å². The number of aliphatic imine (C=N–C) groups is 1. The number of amidine groups is 1. The number of hydrogen-bond donors (Lipinski definition) is 0.